The molecule has 1 amide bonds. The zero-order chi connectivity index (χ0) is 23.7. The first-order valence-corrected chi connectivity index (χ1v) is 10.8. The Kier molecular flexibility index (Phi) is 5.59. The number of H-pyrrole nitrogens is 1. The first kappa shape index (κ1) is 21.4. The molecule has 5 rings (SSSR count). The number of Topliss-reactive ketones (excluding diaryl/α,β-unsaturated/α-hetero) is 1. The predicted molar refractivity (Wildman–Crippen MR) is 123 cm³/mol. The summed E-state index contributed by atoms with van der Waals surface area (Å²) in [5, 5.41) is 8.25. The number of aromatic nitrogens is 3. The summed E-state index contributed by atoms with van der Waals surface area (Å²) in [5.41, 5.74) is 5.70. The molecule has 9 nitrogen and oxygen atoms in total. The molecule has 1 aliphatic carbocycles. The summed E-state index contributed by atoms with van der Waals surface area (Å²) in [7, 11) is 1.60. The van der Waals surface area contributed by atoms with Gasteiger partial charge in [0.05, 0.1) is 7.11 Å². The number of carbonyl (C=O) groups excluding carboxylic acids is 2. The Morgan fingerprint density at radius 2 is 2.06 bits per heavy atom. The molecule has 1 atom stereocenters. The number of hydrogen-bond acceptors (Lipinski definition) is 7. The fraction of sp³-hybridized carbons (Fsp3) is 0.200. The van der Waals surface area contributed by atoms with Crippen LogP contribution in [0, 0.1) is 5.92 Å². The van der Waals surface area contributed by atoms with Crippen LogP contribution in [0.2, 0.25) is 0 Å². The van der Waals surface area contributed by atoms with Crippen LogP contribution in [0.3, 0.4) is 0 Å². The van der Waals surface area contributed by atoms with Crippen LogP contribution in [0.4, 0.5) is 0 Å². The zero-order valence-electron chi connectivity index (χ0n) is 18.7. The van der Waals surface area contributed by atoms with Crippen LogP contribution in [0.1, 0.15) is 34.5 Å². The molecule has 1 aromatic heterocycles. The van der Waals surface area contributed by atoms with Gasteiger partial charge < -0.3 is 9.47 Å². The summed E-state index contributed by atoms with van der Waals surface area (Å²) in [4.78, 5) is 30.1. The van der Waals surface area contributed by atoms with Crippen LogP contribution >= 0.6 is 0 Å². The van der Waals surface area contributed by atoms with E-state index in [1.807, 2.05) is 67.6 Å². The smallest absolute Gasteiger partial charge is 0.309 e. The number of hydrogen-bond donors (Lipinski definition) is 2. The molecule has 0 unspecified atom stereocenters. The number of methoxy groups -OCH3 is 1. The molecule has 0 saturated carbocycles. The van der Waals surface area contributed by atoms with Gasteiger partial charge in [0, 0.05) is 17.9 Å². The Bertz CT molecular complexity index is 1310. The minimum absolute atomic E-state index is 0.00251. The van der Waals surface area contributed by atoms with Crippen molar-refractivity contribution in [1.29, 1.82) is 0 Å². The maximum absolute atomic E-state index is 13.0. The van der Waals surface area contributed by atoms with Gasteiger partial charge in [-0.25, -0.2) is 9.99 Å². The molecule has 0 saturated heterocycles. The Balaban J connectivity index is 1.36. The molecule has 2 heterocycles. The lowest BCUT2D eigenvalue weighted by Crippen LogP contribution is -2.43. The van der Waals surface area contributed by atoms with Gasteiger partial charge in [-0.2, -0.15) is 0 Å². The molecule has 3 aromatic rings. The standard InChI is InChI=1S/C25H23N5O4/c1-15-11-19(17-9-6-10-18(13-17)33-2)23-21(22(15)31)30(14-34-23)29-25(32)24-26-20(27-28-24)12-16-7-4-3-5-8-16/h3-11,13,15H,12,14H2,1-2H3,(H,29,32)(H,26,27,28)/t15-/m0/s1. The van der Waals surface area contributed by atoms with Crippen molar-refractivity contribution in [2.24, 2.45) is 5.92 Å². The molecule has 172 valence electrons. The lowest BCUT2D eigenvalue weighted by molar-refractivity contribution is -0.119. The van der Waals surface area contributed by atoms with Gasteiger partial charge in [0.2, 0.25) is 5.82 Å². The molecule has 2 aliphatic rings. The predicted octanol–water partition coefficient (Wildman–Crippen LogP) is 2.85. The lowest BCUT2D eigenvalue weighted by atomic mass is 9.89. The van der Waals surface area contributed by atoms with E-state index in [4.69, 9.17) is 9.47 Å². The Labute approximate surface area is 196 Å². The second kappa shape index (κ2) is 8.86. The molecule has 34 heavy (non-hydrogen) atoms. The van der Waals surface area contributed by atoms with E-state index in [0.29, 0.717) is 29.5 Å². The summed E-state index contributed by atoms with van der Waals surface area (Å²) in [6.07, 6.45) is 2.39. The average molecular weight is 457 g/mol. The van der Waals surface area contributed by atoms with Gasteiger partial charge in [0.1, 0.15) is 17.3 Å². The number of nitrogens with zero attached hydrogens (tertiary/aromatic N) is 3. The summed E-state index contributed by atoms with van der Waals surface area (Å²) in [6, 6.07) is 17.3. The van der Waals surface area contributed by atoms with Gasteiger partial charge in [-0.3, -0.25) is 20.1 Å². The van der Waals surface area contributed by atoms with E-state index in [9.17, 15) is 9.59 Å². The number of aromatic amines is 1. The molecule has 0 bridgehead atoms. The van der Waals surface area contributed by atoms with Crippen molar-refractivity contribution in [2.45, 2.75) is 13.3 Å². The Morgan fingerprint density at radius 1 is 1.24 bits per heavy atom. The van der Waals surface area contributed by atoms with Gasteiger partial charge in [-0.15, -0.1) is 5.10 Å². The number of allylic oxidation sites excluding steroid dienone is 3. The topological polar surface area (TPSA) is 109 Å². The minimum atomic E-state index is -0.536. The number of hydrazine groups is 1. The van der Waals surface area contributed by atoms with Crippen LogP contribution in [0.5, 0.6) is 5.75 Å². The van der Waals surface area contributed by atoms with Crippen LogP contribution in [-0.4, -0.2) is 45.7 Å². The summed E-state index contributed by atoms with van der Waals surface area (Å²) in [5.74, 6) is 0.618. The quantitative estimate of drug-likeness (QED) is 0.586. The Hall–Kier alpha value is -4.40. The van der Waals surface area contributed by atoms with Crippen LogP contribution in [-0.2, 0) is 16.0 Å². The molecular formula is C25H23N5O4. The highest BCUT2D eigenvalue weighted by Crippen LogP contribution is 2.38. The van der Waals surface area contributed by atoms with Crippen LogP contribution in [0.25, 0.3) is 5.57 Å². The largest absolute Gasteiger partial charge is 0.497 e. The number of carbonyl (C=O) groups is 2. The molecule has 2 aromatic carbocycles. The van der Waals surface area contributed by atoms with Crippen molar-refractivity contribution >= 4 is 17.3 Å². The summed E-state index contributed by atoms with van der Waals surface area (Å²) < 4.78 is 11.2. The van der Waals surface area contributed by atoms with Crippen molar-refractivity contribution in [3.63, 3.8) is 0 Å². The van der Waals surface area contributed by atoms with E-state index >= 15 is 0 Å². The highest BCUT2D eigenvalue weighted by Gasteiger charge is 2.38. The van der Waals surface area contributed by atoms with Crippen molar-refractivity contribution in [2.75, 3.05) is 13.8 Å². The van der Waals surface area contributed by atoms with Gasteiger partial charge in [-0.05, 0) is 23.3 Å². The van der Waals surface area contributed by atoms with E-state index in [-0.39, 0.29) is 24.3 Å². The van der Waals surface area contributed by atoms with E-state index in [2.05, 4.69) is 20.6 Å². The maximum atomic E-state index is 13.0. The summed E-state index contributed by atoms with van der Waals surface area (Å²) in [6.45, 7) is 1.81. The first-order valence-electron chi connectivity index (χ1n) is 10.8. The van der Waals surface area contributed by atoms with Gasteiger partial charge >= 0.3 is 5.91 Å². The Morgan fingerprint density at radius 3 is 2.85 bits per heavy atom. The number of rotatable bonds is 6. The normalized spacial score (nSPS) is 17.2. The highest BCUT2D eigenvalue weighted by atomic mass is 16.5. The highest BCUT2D eigenvalue weighted by molar-refractivity contribution is 6.05. The van der Waals surface area contributed by atoms with Crippen LogP contribution < -0.4 is 10.2 Å². The monoisotopic (exact) mass is 457 g/mol. The fourth-order valence-electron chi connectivity index (χ4n) is 4.00. The third-order valence-corrected chi connectivity index (χ3v) is 5.70. The molecule has 0 radical (unpaired) electrons. The molecule has 2 N–H and O–H groups in total. The number of ketones is 1. The first-order chi connectivity index (χ1) is 16.5. The summed E-state index contributed by atoms with van der Waals surface area (Å²) >= 11 is 0. The molecular weight excluding hydrogens is 434 g/mol. The van der Waals surface area contributed by atoms with E-state index < -0.39 is 5.91 Å². The van der Waals surface area contributed by atoms with Crippen molar-refractivity contribution in [1.82, 2.24) is 25.6 Å². The number of nitrogens with one attached hydrogen (secondary N) is 2. The number of ether oxygens (including phenoxy) is 2. The molecule has 0 spiro atoms. The third kappa shape index (κ3) is 4.03. The van der Waals surface area contributed by atoms with Gasteiger partial charge in [0.25, 0.3) is 0 Å². The van der Waals surface area contributed by atoms with Gasteiger partial charge in [-0.1, -0.05) is 55.5 Å². The second-order valence-corrected chi connectivity index (χ2v) is 8.05. The van der Waals surface area contributed by atoms with Crippen molar-refractivity contribution < 1.29 is 19.1 Å². The minimum Gasteiger partial charge on any atom is -0.497 e. The second-order valence-electron chi connectivity index (χ2n) is 8.05. The fourth-order valence-corrected chi connectivity index (χ4v) is 4.00. The van der Waals surface area contributed by atoms with Crippen molar-refractivity contribution in [3.8, 4) is 5.75 Å². The molecule has 0 fully saturated rings. The average Bonchev–Trinajstić information content (AvgIpc) is 3.50. The zero-order valence-corrected chi connectivity index (χ0v) is 18.7. The SMILES string of the molecule is COc1cccc(C2=C[C@H](C)C(=O)C3=C2OCN3NC(=O)c2n[nH]c(Cc3ccccc3)n2)c1. The van der Waals surface area contributed by atoms with E-state index in [1.54, 1.807) is 7.11 Å². The molecule has 9 heteroatoms. The van der Waals surface area contributed by atoms with Crippen molar-refractivity contribution in [3.05, 3.63) is 94.9 Å². The van der Waals surface area contributed by atoms with E-state index in [1.165, 1.54) is 5.01 Å². The number of amides is 1. The lowest BCUT2D eigenvalue weighted by Gasteiger charge is -2.23. The molecule has 1 aliphatic heterocycles. The third-order valence-electron chi connectivity index (χ3n) is 5.70. The van der Waals surface area contributed by atoms with E-state index in [0.717, 1.165) is 16.7 Å². The van der Waals surface area contributed by atoms with Gasteiger partial charge in [0.15, 0.2) is 18.3 Å². The van der Waals surface area contributed by atoms with Crippen LogP contribution in [0.15, 0.2) is 72.1 Å². The number of benzene rings is 2. The maximum Gasteiger partial charge on any atom is 0.309 e.